The molecular formula is C24H25N3O2S. The van der Waals surface area contributed by atoms with E-state index in [4.69, 9.17) is 9.68 Å². The molecule has 1 heterocycles. The lowest BCUT2D eigenvalue weighted by molar-refractivity contribution is -0.115. The summed E-state index contributed by atoms with van der Waals surface area (Å²) in [6.07, 6.45) is 2.09. The first-order chi connectivity index (χ1) is 14.5. The van der Waals surface area contributed by atoms with Crippen molar-refractivity contribution in [3.05, 3.63) is 78.3 Å². The van der Waals surface area contributed by atoms with Crippen LogP contribution in [-0.4, -0.2) is 17.7 Å². The Morgan fingerprint density at radius 3 is 2.63 bits per heavy atom. The Hall–Kier alpha value is -3.17. The molecule has 3 aromatic rings. The summed E-state index contributed by atoms with van der Waals surface area (Å²) >= 11 is 1.59. The highest BCUT2D eigenvalue weighted by molar-refractivity contribution is 8.00. The van der Waals surface area contributed by atoms with Gasteiger partial charge >= 0.3 is 0 Å². The largest absolute Gasteiger partial charge is 0.467 e. The third-order valence-electron chi connectivity index (χ3n) is 4.53. The SMILES string of the molecule is Cc1ccc(N(CC(=O)Nc2ccccc2SC(C)CC#N)Cc2ccco2)cc1. The number of rotatable bonds is 9. The number of amides is 1. The van der Waals surface area contributed by atoms with Crippen LogP contribution in [-0.2, 0) is 11.3 Å². The molecule has 0 fully saturated rings. The maximum Gasteiger partial charge on any atom is 0.243 e. The molecule has 0 aliphatic heterocycles. The van der Waals surface area contributed by atoms with Crippen LogP contribution in [0.15, 0.2) is 76.2 Å². The molecule has 0 saturated heterocycles. The summed E-state index contributed by atoms with van der Waals surface area (Å²) < 4.78 is 5.49. The van der Waals surface area contributed by atoms with E-state index in [1.807, 2.05) is 79.4 Å². The van der Waals surface area contributed by atoms with Crippen LogP contribution in [0.2, 0.25) is 0 Å². The van der Waals surface area contributed by atoms with Gasteiger partial charge in [-0.2, -0.15) is 5.26 Å². The smallest absolute Gasteiger partial charge is 0.243 e. The van der Waals surface area contributed by atoms with Crippen molar-refractivity contribution in [2.45, 2.75) is 37.0 Å². The van der Waals surface area contributed by atoms with Crippen LogP contribution in [0.1, 0.15) is 24.7 Å². The van der Waals surface area contributed by atoms with E-state index >= 15 is 0 Å². The first kappa shape index (κ1) is 21.5. The molecule has 2 aromatic carbocycles. The maximum absolute atomic E-state index is 12.9. The average Bonchev–Trinajstić information content (AvgIpc) is 3.23. The zero-order valence-corrected chi connectivity index (χ0v) is 18.0. The van der Waals surface area contributed by atoms with Crippen LogP contribution in [0.5, 0.6) is 0 Å². The number of nitrogens with one attached hydrogen (secondary N) is 1. The number of para-hydroxylation sites is 1. The molecule has 1 unspecified atom stereocenters. The third-order valence-corrected chi connectivity index (χ3v) is 5.71. The number of anilines is 2. The van der Waals surface area contributed by atoms with Gasteiger partial charge < -0.3 is 14.6 Å². The number of nitrogens with zero attached hydrogens (tertiary/aromatic N) is 2. The molecule has 3 rings (SSSR count). The molecule has 6 heteroatoms. The minimum Gasteiger partial charge on any atom is -0.467 e. The van der Waals surface area contributed by atoms with Gasteiger partial charge in [-0.3, -0.25) is 4.79 Å². The van der Waals surface area contributed by atoms with Gasteiger partial charge in [0.1, 0.15) is 5.76 Å². The third kappa shape index (κ3) is 6.16. The maximum atomic E-state index is 12.9. The Balaban J connectivity index is 1.73. The summed E-state index contributed by atoms with van der Waals surface area (Å²) in [5.74, 6) is 0.688. The van der Waals surface area contributed by atoms with Gasteiger partial charge in [0.05, 0.1) is 31.1 Å². The molecule has 0 spiro atoms. The van der Waals surface area contributed by atoms with Crippen molar-refractivity contribution in [1.29, 1.82) is 5.26 Å². The number of carbonyl (C=O) groups excluding carboxylic acids is 1. The van der Waals surface area contributed by atoms with Crippen LogP contribution in [0, 0.1) is 18.3 Å². The number of furan rings is 1. The zero-order valence-electron chi connectivity index (χ0n) is 17.2. The highest BCUT2D eigenvalue weighted by Gasteiger charge is 2.16. The van der Waals surface area contributed by atoms with Crippen molar-refractivity contribution < 1.29 is 9.21 Å². The van der Waals surface area contributed by atoms with Crippen molar-refractivity contribution in [3.63, 3.8) is 0 Å². The van der Waals surface area contributed by atoms with Crippen LogP contribution >= 0.6 is 11.8 Å². The standard InChI is InChI=1S/C24H25N3O2S/c1-18-9-11-20(12-10-18)27(16-21-6-5-15-29-21)17-24(28)26-22-7-3-4-8-23(22)30-19(2)13-14-25/h3-12,15,19H,13,16-17H2,1-2H3,(H,26,28). The Kier molecular flexibility index (Phi) is 7.58. The molecule has 5 nitrogen and oxygen atoms in total. The molecule has 1 N–H and O–H groups in total. The molecule has 30 heavy (non-hydrogen) atoms. The second-order valence-corrected chi connectivity index (χ2v) is 8.59. The molecule has 0 bridgehead atoms. The van der Waals surface area contributed by atoms with Gasteiger partial charge in [0.2, 0.25) is 5.91 Å². The van der Waals surface area contributed by atoms with Gasteiger partial charge in [-0.25, -0.2) is 0 Å². The van der Waals surface area contributed by atoms with E-state index in [0.717, 1.165) is 22.0 Å². The van der Waals surface area contributed by atoms with Crippen LogP contribution in [0.3, 0.4) is 0 Å². The van der Waals surface area contributed by atoms with Crippen LogP contribution < -0.4 is 10.2 Å². The molecule has 154 valence electrons. The van der Waals surface area contributed by atoms with Gasteiger partial charge in [0, 0.05) is 22.3 Å². The summed E-state index contributed by atoms with van der Waals surface area (Å²) in [4.78, 5) is 15.9. The Labute approximate surface area is 181 Å². The monoisotopic (exact) mass is 419 g/mol. The normalized spacial score (nSPS) is 11.5. The zero-order chi connectivity index (χ0) is 21.3. The summed E-state index contributed by atoms with van der Waals surface area (Å²) in [6, 6.07) is 21.7. The molecule has 0 saturated carbocycles. The predicted octanol–water partition coefficient (Wildman–Crippen LogP) is 5.63. The first-order valence-corrected chi connectivity index (χ1v) is 10.7. The predicted molar refractivity (Wildman–Crippen MR) is 122 cm³/mol. The molecular weight excluding hydrogens is 394 g/mol. The van der Waals surface area contributed by atoms with Gasteiger partial charge in [-0.1, -0.05) is 36.8 Å². The Morgan fingerprint density at radius 2 is 1.93 bits per heavy atom. The number of benzene rings is 2. The van der Waals surface area contributed by atoms with Crippen LogP contribution in [0.25, 0.3) is 0 Å². The van der Waals surface area contributed by atoms with Crippen molar-refractivity contribution >= 4 is 29.0 Å². The molecule has 1 atom stereocenters. The lowest BCUT2D eigenvalue weighted by Crippen LogP contribution is -2.33. The van der Waals surface area contributed by atoms with E-state index in [-0.39, 0.29) is 17.7 Å². The highest BCUT2D eigenvalue weighted by Crippen LogP contribution is 2.31. The molecule has 0 aliphatic carbocycles. The van der Waals surface area contributed by atoms with Crippen LogP contribution in [0.4, 0.5) is 11.4 Å². The molecule has 0 radical (unpaired) electrons. The average molecular weight is 420 g/mol. The Bertz CT molecular complexity index is 994. The lowest BCUT2D eigenvalue weighted by atomic mass is 10.2. The van der Waals surface area contributed by atoms with E-state index in [9.17, 15) is 4.79 Å². The summed E-state index contributed by atoms with van der Waals surface area (Å²) in [5, 5.41) is 12.1. The first-order valence-electron chi connectivity index (χ1n) is 9.81. The Morgan fingerprint density at radius 1 is 1.17 bits per heavy atom. The number of hydrogen-bond donors (Lipinski definition) is 1. The fourth-order valence-corrected chi connectivity index (χ4v) is 4.00. The van der Waals surface area contributed by atoms with E-state index in [0.29, 0.717) is 13.0 Å². The van der Waals surface area contributed by atoms with Crippen molar-refractivity contribution in [1.82, 2.24) is 0 Å². The van der Waals surface area contributed by atoms with E-state index in [1.165, 1.54) is 5.56 Å². The molecule has 1 amide bonds. The van der Waals surface area contributed by atoms with E-state index in [1.54, 1.807) is 18.0 Å². The van der Waals surface area contributed by atoms with E-state index < -0.39 is 0 Å². The number of nitriles is 1. The lowest BCUT2D eigenvalue weighted by Gasteiger charge is -2.24. The topological polar surface area (TPSA) is 69.3 Å². The van der Waals surface area contributed by atoms with Gasteiger partial charge in [-0.15, -0.1) is 11.8 Å². The highest BCUT2D eigenvalue weighted by atomic mass is 32.2. The minimum atomic E-state index is -0.108. The minimum absolute atomic E-state index is 0.108. The van der Waals surface area contributed by atoms with Gasteiger partial charge in [-0.05, 0) is 43.3 Å². The van der Waals surface area contributed by atoms with Crippen molar-refractivity contribution in [3.8, 4) is 6.07 Å². The summed E-state index contributed by atoms with van der Waals surface area (Å²) in [6.45, 7) is 4.74. The van der Waals surface area contributed by atoms with Gasteiger partial charge in [0.15, 0.2) is 0 Å². The van der Waals surface area contributed by atoms with E-state index in [2.05, 4.69) is 11.4 Å². The molecule has 0 aliphatic rings. The number of aryl methyl sites for hydroxylation is 1. The number of hydrogen-bond acceptors (Lipinski definition) is 5. The summed E-state index contributed by atoms with van der Waals surface area (Å²) in [5.41, 5.74) is 2.88. The second-order valence-electron chi connectivity index (χ2n) is 7.11. The van der Waals surface area contributed by atoms with Crippen molar-refractivity contribution in [2.75, 3.05) is 16.8 Å². The summed E-state index contributed by atoms with van der Waals surface area (Å²) in [7, 11) is 0. The quantitative estimate of drug-likeness (QED) is 0.455. The molecule has 1 aromatic heterocycles. The second kappa shape index (κ2) is 10.6. The van der Waals surface area contributed by atoms with Gasteiger partial charge in [0.25, 0.3) is 0 Å². The van der Waals surface area contributed by atoms with Crippen molar-refractivity contribution in [2.24, 2.45) is 0 Å². The fraction of sp³-hybridized carbons (Fsp3) is 0.250. The fourth-order valence-electron chi connectivity index (χ4n) is 3.01. The number of carbonyl (C=O) groups is 1. The number of thioether (sulfide) groups is 1.